The van der Waals surface area contributed by atoms with Crippen LogP contribution in [-0.2, 0) is 9.59 Å². The lowest BCUT2D eigenvalue weighted by molar-refractivity contribution is -0.132. The minimum Gasteiger partial charge on any atom is -0.344 e. The Labute approximate surface area is 63.7 Å². The Kier molecular flexibility index (Phi) is 2.09. The third-order valence-corrected chi connectivity index (χ3v) is 1.78. The van der Waals surface area contributed by atoms with Gasteiger partial charge in [-0.15, -0.1) is 0 Å². The highest BCUT2D eigenvalue weighted by atomic mass is 16.5. The maximum Gasteiger partial charge on any atom is 0.265 e. The highest BCUT2D eigenvalue weighted by Crippen LogP contribution is 2.13. The lowest BCUT2D eigenvalue weighted by atomic mass is 10.1. The summed E-state index contributed by atoms with van der Waals surface area (Å²) in [7, 11) is 0. The van der Waals surface area contributed by atoms with Crippen LogP contribution in [-0.4, -0.2) is 23.1 Å². The van der Waals surface area contributed by atoms with E-state index < -0.39 is 11.9 Å². The van der Waals surface area contributed by atoms with Gasteiger partial charge in [0.25, 0.3) is 5.91 Å². The van der Waals surface area contributed by atoms with Crippen molar-refractivity contribution in [1.82, 2.24) is 10.8 Å². The Morgan fingerprint density at radius 2 is 2.45 bits per heavy atom. The van der Waals surface area contributed by atoms with Crippen LogP contribution in [0, 0.1) is 5.92 Å². The smallest absolute Gasteiger partial charge is 0.265 e. The molecule has 62 valence electrons. The summed E-state index contributed by atoms with van der Waals surface area (Å²) in [6.07, 6.45) is 0.450. The van der Waals surface area contributed by atoms with E-state index in [1.54, 1.807) is 6.92 Å². The van der Waals surface area contributed by atoms with Crippen LogP contribution in [0.25, 0.3) is 0 Å². The number of hydrogen-bond acceptors (Lipinski definition) is 3. The minimum absolute atomic E-state index is 0.140. The summed E-state index contributed by atoms with van der Waals surface area (Å²) in [6.45, 7) is 1.74. The van der Waals surface area contributed by atoms with Gasteiger partial charge in [-0.2, -0.15) is 0 Å². The highest BCUT2D eigenvalue weighted by molar-refractivity contribution is 5.91. The van der Waals surface area contributed by atoms with Gasteiger partial charge >= 0.3 is 0 Å². The van der Waals surface area contributed by atoms with E-state index in [1.807, 2.05) is 0 Å². The first-order chi connectivity index (χ1) is 5.15. The zero-order valence-electron chi connectivity index (χ0n) is 6.13. The van der Waals surface area contributed by atoms with Crippen LogP contribution in [0.1, 0.15) is 13.3 Å². The molecule has 0 aliphatic carbocycles. The molecule has 0 bridgehead atoms. The second kappa shape index (κ2) is 2.87. The summed E-state index contributed by atoms with van der Waals surface area (Å²) in [5.41, 5.74) is 1.49. The normalized spacial score (nSPS) is 29.8. The number of carbonyl (C=O) groups excluding carboxylic acids is 2. The van der Waals surface area contributed by atoms with Crippen LogP contribution in [0.3, 0.4) is 0 Å². The van der Waals surface area contributed by atoms with E-state index >= 15 is 0 Å². The van der Waals surface area contributed by atoms with Gasteiger partial charge in [-0.3, -0.25) is 14.8 Å². The topological polar surface area (TPSA) is 78.4 Å². The molecule has 0 spiro atoms. The van der Waals surface area contributed by atoms with E-state index in [0.717, 1.165) is 0 Å². The summed E-state index contributed by atoms with van der Waals surface area (Å²) in [6, 6.07) is -0.567. The van der Waals surface area contributed by atoms with Gasteiger partial charge in [-0.25, -0.2) is 5.48 Å². The third kappa shape index (κ3) is 1.48. The summed E-state index contributed by atoms with van der Waals surface area (Å²) in [5, 5.41) is 10.7. The van der Waals surface area contributed by atoms with Crippen molar-refractivity contribution in [1.29, 1.82) is 0 Å². The molecule has 3 N–H and O–H groups in total. The first-order valence-corrected chi connectivity index (χ1v) is 3.39. The lowest BCUT2D eigenvalue weighted by Crippen LogP contribution is -2.40. The summed E-state index contributed by atoms with van der Waals surface area (Å²) >= 11 is 0. The maximum absolute atomic E-state index is 10.8. The molecule has 1 aliphatic heterocycles. The SMILES string of the molecule is CC1C[C@H](C(=O)NO)NC1=O. The molecule has 1 heterocycles. The Hall–Kier alpha value is -1.10. The second-order valence-corrected chi connectivity index (χ2v) is 2.67. The van der Waals surface area contributed by atoms with Crippen molar-refractivity contribution in [2.75, 3.05) is 0 Å². The largest absolute Gasteiger partial charge is 0.344 e. The predicted octanol–water partition coefficient (Wildman–Crippen LogP) is -0.984. The molecule has 1 rings (SSSR count). The molecule has 1 fully saturated rings. The molecule has 1 aliphatic rings. The van der Waals surface area contributed by atoms with Gasteiger partial charge < -0.3 is 5.32 Å². The Morgan fingerprint density at radius 1 is 1.82 bits per heavy atom. The van der Waals surface area contributed by atoms with Crippen molar-refractivity contribution < 1.29 is 14.8 Å². The zero-order chi connectivity index (χ0) is 8.43. The van der Waals surface area contributed by atoms with Crippen LogP contribution < -0.4 is 10.8 Å². The first kappa shape index (κ1) is 8.00. The molecule has 0 aromatic heterocycles. The van der Waals surface area contributed by atoms with Gasteiger partial charge in [-0.1, -0.05) is 6.92 Å². The van der Waals surface area contributed by atoms with Gasteiger partial charge in [0.2, 0.25) is 5.91 Å². The van der Waals surface area contributed by atoms with Gasteiger partial charge in [0.05, 0.1) is 0 Å². The molecule has 0 aromatic rings. The van der Waals surface area contributed by atoms with Crippen LogP contribution in [0.4, 0.5) is 0 Å². The van der Waals surface area contributed by atoms with E-state index in [1.165, 1.54) is 5.48 Å². The highest BCUT2D eigenvalue weighted by Gasteiger charge is 2.32. The molecule has 5 heteroatoms. The van der Waals surface area contributed by atoms with E-state index in [9.17, 15) is 9.59 Å². The molecule has 0 saturated carbocycles. The van der Waals surface area contributed by atoms with Gasteiger partial charge in [0, 0.05) is 5.92 Å². The van der Waals surface area contributed by atoms with E-state index in [4.69, 9.17) is 5.21 Å². The number of nitrogens with one attached hydrogen (secondary N) is 2. The van der Waals surface area contributed by atoms with E-state index in [-0.39, 0.29) is 11.8 Å². The lowest BCUT2D eigenvalue weighted by Gasteiger charge is -2.04. The maximum atomic E-state index is 10.8. The standard InChI is InChI=1S/C6H10N2O3/c1-3-2-4(6(10)8-11)7-5(3)9/h3-4,11H,2H2,1H3,(H,7,9)(H,8,10)/t3?,4-/m1/s1. The van der Waals surface area contributed by atoms with Crippen molar-refractivity contribution in [2.45, 2.75) is 19.4 Å². The molecule has 11 heavy (non-hydrogen) atoms. The molecule has 2 amide bonds. The predicted molar refractivity (Wildman–Crippen MR) is 35.6 cm³/mol. The fourth-order valence-electron chi connectivity index (χ4n) is 1.08. The van der Waals surface area contributed by atoms with Gasteiger partial charge in [0.15, 0.2) is 0 Å². The monoisotopic (exact) mass is 158 g/mol. The number of carbonyl (C=O) groups is 2. The third-order valence-electron chi connectivity index (χ3n) is 1.78. The summed E-state index contributed by atoms with van der Waals surface area (Å²) < 4.78 is 0. The van der Waals surface area contributed by atoms with Crippen LogP contribution in [0.15, 0.2) is 0 Å². The number of amides is 2. The molecular weight excluding hydrogens is 148 g/mol. The Bertz CT molecular complexity index is 192. The average Bonchev–Trinajstić information content (AvgIpc) is 2.31. The Balaban J connectivity index is 2.53. The summed E-state index contributed by atoms with van der Waals surface area (Å²) in [4.78, 5) is 21.6. The number of hydroxylamine groups is 1. The number of rotatable bonds is 1. The van der Waals surface area contributed by atoms with Gasteiger partial charge in [0.1, 0.15) is 6.04 Å². The Morgan fingerprint density at radius 3 is 2.82 bits per heavy atom. The van der Waals surface area contributed by atoms with Crippen molar-refractivity contribution in [3.8, 4) is 0 Å². The first-order valence-electron chi connectivity index (χ1n) is 3.39. The van der Waals surface area contributed by atoms with Crippen LogP contribution in [0.2, 0.25) is 0 Å². The van der Waals surface area contributed by atoms with Crippen molar-refractivity contribution >= 4 is 11.8 Å². The average molecular weight is 158 g/mol. The second-order valence-electron chi connectivity index (χ2n) is 2.67. The summed E-state index contributed by atoms with van der Waals surface area (Å²) in [5.74, 6) is -0.835. The van der Waals surface area contributed by atoms with Crippen molar-refractivity contribution in [3.63, 3.8) is 0 Å². The fourth-order valence-corrected chi connectivity index (χ4v) is 1.08. The molecule has 0 radical (unpaired) electrons. The molecule has 1 unspecified atom stereocenters. The molecule has 0 aromatic carbocycles. The molecule has 1 saturated heterocycles. The zero-order valence-corrected chi connectivity index (χ0v) is 6.13. The van der Waals surface area contributed by atoms with Gasteiger partial charge in [-0.05, 0) is 6.42 Å². The van der Waals surface area contributed by atoms with Crippen LogP contribution >= 0.6 is 0 Å². The number of hydrogen-bond donors (Lipinski definition) is 3. The molecular formula is C6H10N2O3. The minimum atomic E-state index is -0.567. The van der Waals surface area contributed by atoms with E-state index in [2.05, 4.69) is 5.32 Å². The van der Waals surface area contributed by atoms with Crippen molar-refractivity contribution in [3.05, 3.63) is 0 Å². The van der Waals surface area contributed by atoms with Crippen LogP contribution in [0.5, 0.6) is 0 Å². The fraction of sp³-hybridized carbons (Fsp3) is 0.667. The molecule has 2 atom stereocenters. The quantitative estimate of drug-likeness (QED) is 0.339. The molecule has 5 nitrogen and oxygen atoms in total. The van der Waals surface area contributed by atoms with Crippen molar-refractivity contribution in [2.24, 2.45) is 5.92 Å². The van der Waals surface area contributed by atoms with E-state index in [0.29, 0.717) is 6.42 Å².